The Morgan fingerprint density at radius 2 is 1.97 bits per heavy atom. The fraction of sp³-hybridized carbons (Fsp3) is 0.565. The highest BCUT2D eigenvalue weighted by Crippen LogP contribution is 2.38. The highest BCUT2D eigenvalue weighted by atomic mass is 32.1. The molecule has 0 aromatic carbocycles. The summed E-state index contributed by atoms with van der Waals surface area (Å²) < 4.78 is 10.3. The van der Waals surface area contributed by atoms with Crippen molar-refractivity contribution in [3.63, 3.8) is 0 Å². The van der Waals surface area contributed by atoms with E-state index in [0.29, 0.717) is 54.1 Å². The van der Waals surface area contributed by atoms with Crippen LogP contribution in [-0.2, 0) is 33.5 Å². The molecule has 0 bridgehead atoms. The molecule has 1 fully saturated rings. The highest BCUT2D eigenvalue weighted by molar-refractivity contribution is 7.17. The van der Waals surface area contributed by atoms with Gasteiger partial charge in [0.05, 0.1) is 25.9 Å². The SMILES string of the molecule is COC(=O)c1c(NC(=O)CCc2c(C)nc(N3CCOCC3)[nH]c2=O)sc2c1CCCCC2. The first-order valence-corrected chi connectivity index (χ1v) is 12.2. The topological polar surface area (TPSA) is 114 Å². The van der Waals surface area contributed by atoms with E-state index >= 15 is 0 Å². The second-order valence-electron chi connectivity index (χ2n) is 8.36. The number of aryl methyl sites for hydroxylation is 2. The summed E-state index contributed by atoms with van der Waals surface area (Å²) in [6, 6.07) is 0. The standard InChI is InChI=1S/C23H30N4O5S/c1-14-15(20(29)26-23(24-14)27-10-12-32-13-11-27)8-9-18(28)25-21-19(22(30)31-2)16-6-4-3-5-7-17(16)33-21/h3-13H2,1-2H3,(H,25,28)(H,24,26,29). The fourth-order valence-electron chi connectivity index (χ4n) is 4.39. The van der Waals surface area contributed by atoms with Gasteiger partial charge in [-0.05, 0) is 44.6 Å². The number of nitrogens with one attached hydrogen (secondary N) is 2. The van der Waals surface area contributed by atoms with Crippen molar-refractivity contribution >= 4 is 34.2 Å². The normalized spacial score (nSPS) is 16.1. The second kappa shape index (κ2) is 10.5. The lowest BCUT2D eigenvalue weighted by Crippen LogP contribution is -2.38. The molecule has 0 unspecified atom stereocenters. The van der Waals surface area contributed by atoms with Crippen LogP contribution in [0.3, 0.4) is 0 Å². The first-order chi connectivity index (χ1) is 16.0. The monoisotopic (exact) mass is 474 g/mol. The molecule has 0 saturated carbocycles. The Morgan fingerprint density at radius 3 is 2.70 bits per heavy atom. The number of amides is 1. The first kappa shape index (κ1) is 23.4. The maximum Gasteiger partial charge on any atom is 0.341 e. The smallest absolute Gasteiger partial charge is 0.341 e. The van der Waals surface area contributed by atoms with Crippen LogP contribution in [0.1, 0.15) is 57.7 Å². The number of aromatic nitrogens is 2. The number of carbonyl (C=O) groups is 2. The zero-order valence-electron chi connectivity index (χ0n) is 19.1. The number of carbonyl (C=O) groups excluding carboxylic acids is 2. The number of thiophene rings is 1. The molecular weight excluding hydrogens is 444 g/mol. The summed E-state index contributed by atoms with van der Waals surface area (Å²) in [5, 5.41) is 3.45. The molecule has 0 atom stereocenters. The molecule has 1 aliphatic carbocycles. The van der Waals surface area contributed by atoms with Crippen LogP contribution in [0, 0.1) is 6.92 Å². The predicted molar refractivity (Wildman–Crippen MR) is 126 cm³/mol. The summed E-state index contributed by atoms with van der Waals surface area (Å²) in [4.78, 5) is 48.4. The summed E-state index contributed by atoms with van der Waals surface area (Å²) in [5.74, 6) is -0.121. The third-order valence-corrected chi connectivity index (χ3v) is 7.39. The van der Waals surface area contributed by atoms with Crippen molar-refractivity contribution in [2.75, 3.05) is 43.6 Å². The van der Waals surface area contributed by atoms with E-state index in [0.717, 1.165) is 42.5 Å². The van der Waals surface area contributed by atoms with E-state index in [1.807, 2.05) is 4.90 Å². The van der Waals surface area contributed by atoms with Crippen LogP contribution in [0.2, 0.25) is 0 Å². The number of fused-ring (bicyclic) bond motifs is 1. The Bertz CT molecular complexity index is 1090. The Labute approximate surface area is 196 Å². The van der Waals surface area contributed by atoms with Crippen molar-refractivity contribution in [2.24, 2.45) is 0 Å². The van der Waals surface area contributed by atoms with E-state index in [1.165, 1.54) is 18.4 Å². The number of morpholine rings is 1. The van der Waals surface area contributed by atoms with Crippen molar-refractivity contribution in [3.05, 3.63) is 37.6 Å². The van der Waals surface area contributed by atoms with Gasteiger partial charge >= 0.3 is 5.97 Å². The largest absolute Gasteiger partial charge is 0.465 e. The van der Waals surface area contributed by atoms with Gasteiger partial charge in [0.25, 0.3) is 5.56 Å². The van der Waals surface area contributed by atoms with E-state index in [2.05, 4.69) is 15.3 Å². The molecule has 9 nitrogen and oxygen atoms in total. The van der Waals surface area contributed by atoms with Crippen molar-refractivity contribution in [3.8, 4) is 0 Å². The first-order valence-electron chi connectivity index (χ1n) is 11.4. The van der Waals surface area contributed by atoms with Crippen LogP contribution in [0.15, 0.2) is 4.79 Å². The van der Waals surface area contributed by atoms with Crippen LogP contribution in [0.5, 0.6) is 0 Å². The van der Waals surface area contributed by atoms with Gasteiger partial charge in [-0.2, -0.15) is 0 Å². The number of esters is 1. The van der Waals surface area contributed by atoms with Crippen molar-refractivity contribution in [2.45, 2.75) is 51.9 Å². The number of hydrogen-bond donors (Lipinski definition) is 2. The number of rotatable bonds is 6. The van der Waals surface area contributed by atoms with Gasteiger partial charge in [0.1, 0.15) is 5.00 Å². The quantitative estimate of drug-likeness (QED) is 0.489. The Kier molecular flexibility index (Phi) is 7.44. The van der Waals surface area contributed by atoms with E-state index in [4.69, 9.17) is 9.47 Å². The number of H-pyrrole nitrogens is 1. The molecule has 1 saturated heterocycles. The molecule has 10 heteroatoms. The number of ether oxygens (including phenoxy) is 2. The summed E-state index contributed by atoms with van der Waals surface area (Å²) in [5.41, 5.74) is 2.38. The summed E-state index contributed by atoms with van der Waals surface area (Å²) in [6.07, 6.45) is 5.36. The molecule has 2 aromatic rings. The molecule has 178 valence electrons. The number of hydrogen-bond acceptors (Lipinski definition) is 8. The lowest BCUT2D eigenvalue weighted by Gasteiger charge is -2.27. The molecule has 0 radical (unpaired) electrons. The molecule has 1 amide bonds. The summed E-state index contributed by atoms with van der Waals surface area (Å²) >= 11 is 1.46. The molecule has 1 aliphatic heterocycles. The number of nitrogens with zero attached hydrogens (tertiary/aromatic N) is 2. The van der Waals surface area contributed by atoms with Gasteiger partial charge in [0.2, 0.25) is 11.9 Å². The van der Waals surface area contributed by atoms with Crippen LogP contribution in [0.4, 0.5) is 10.9 Å². The van der Waals surface area contributed by atoms with Crippen LogP contribution in [0.25, 0.3) is 0 Å². The van der Waals surface area contributed by atoms with Crippen LogP contribution >= 0.6 is 11.3 Å². The average Bonchev–Trinajstić information content (AvgIpc) is 2.98. The van der Waals surface area contributed by atoms with Gasteiger partial charge in [-0.15, -0.1) is 11.3 Å². The van der Waals surface area contributed by atoms with Crippen LogP contribution < -0.4 is 15.8 Å². The summed E-state index contributed by atoms with van der Waals surface area (Å²) in [6.45, 7) is 4.35. The predicted octanol–water partition coefficient (Wildman–Crippen LogP) is 2.60. The van der Waals surface area contributed by atoms with Crippen molar-refractivity contribution in [1.29, 1.82) is 0 Å². The molecule has 2 aliphatic rings. The van der Waals surface area contributed by atoms with Gasteiger partial charge in [-0.25, -0.2) is 9.78 Å². The second-order valence-corrected chi connectivity index (χ2v) is 9.47. The molecular formula is C23H30N4O5S. The minimum absolute atomic E-state index is 0.117. The Hall–Kier alpha value is -2.72. The molecule has 2 N–H and O–H groups in total. The molecule has 0 spiro atoms. The van der Waals surface area contributed by atoms with Gasteiger partial charge in [-0.3, -0.25) is 14.6 Å². The number of anilines is 2. The van der Waals surface area contributed by atoms with E-state index in [1.54, 1.807) is 6.92 Å². The van der Waals surface area contributed by atoms with Gasteiger partial charge in [0, 0.05) is 35.6 Å². The maximum atomic E-state index is 12.8. The fourth-order valence-corrected chi connectivity index (χ4v) is 5.68. The maximum absolute atomic E-state index is 12.8. The van der Waals surface area contributed by atoms with Gasteiger partial charge in [0.15, 0.2) is 0 Å². The lowest BCUT2D eigenvalue weighted by atomic mass is 10.1. The number of methoxy groups -OCH3 is 1. The lowest BCUT2D eigenvalue weighted by molar-refractivity contribution is -0.116. The van der Waals surface area contributed by atoms with Crippen molar-refractivity contribution in [1.82, 2.24) is 9.97 Å². The zero-order chi connectivity index (χ0) is 23.4. The van der Waals surface area contributed by atoms with Crippen molar-refractivity contribution < 1.29 is 19.1 Å². The third kappa shape index (κ3) is 5.27. The van der Waals surface area contributed by atoms with Gasteiger partial charge in [-0.1, -0.05) is 6.42 Å². The third-order valence-electron chi connectivity index (χ3n) is 6.19. The van der Waals surface area contributed by atoms with E-state index in [-0.39, 0.29) is 24.3 Å². The molecule has 4 rings (SSSR count). The molecule has 2 aromatic heterocycles. The van der Waals surface area contributed by atoms with Gasteiger partial charge < -0.3 is 19.7 Å². The Morgan fingerprint density at radius 1 is 1.21 bits per heavy atom. The average molecular weight is 475 g/mol. The highest BCUT2D eigenvalue weighted by Gasteiger charge is 2.26. The Balaban J connectivity index is 1.46. The minimum atomic E-state index is -0.417. The summed E-state index contributed by atoms with van der Waals surface area (Å²) in [7, 11) is 1.36. The van der Waals surface area contributed by atoms with Crippen LogP contribution in [-0.4, -0.2) is 55.3 Å². The number of aromatic amines is 1. The minimum Gasteiger partial charge on any atom is -0.465 e. The molecule has 33 heavy (non-hydrogen) atoms. The molecule has 3 heterocycles. The van der Waals surface area contributed by atoms with E-state index in [9.17, 15) is 14.4 Å². The van der Waals surface area contributed by atoms with E-state index < -0.39 is 5.97 Å². The zero-order valence-corrected chi connectivity index (χ0v) is 19.9.